The fraction of sp³-hybridized carbons (Fsp3) is 0.292. The van der Waals surface area contributed by atoms with Crippen LogP contribution in [0.4, 0.5) is 35.1 Å². The first-order chi connectivity index (χ1) is 18.9. The van der Waals surface area contributed by atoms with Crippen LogP contribution in [0.2, 0.25) is 5.15 Å². The SMILES string of the molecule is CC(C)(C)Cc1ccc(-c2cc(OS(=O)(=O)C(F)(F)F)c(-c3ccnc(Cl)c3F)cc2OS(=O)(=O)C(F)(F)F)c(F)c1. The van der Waals surface area contributed by atoms with Crippen molar-refractivity contribution in [2.24, 2.45) is 5.41 Å². The third-order valence-corrected chi connectivity index (χ3v) is 7.44. The van der Waals surface area contributed by atoms with Crippen molar-refractivity contribution in [2.45, 2.75) is 38.2 Å². The summed E-state index contributed by atoms with van der Waals surface area (Å²) in [5, 5.41) is -0.910. The maximum absolute atomic E-state index is 15.3. The van der Waals surface area contributed by atoms with Gasteiger partial charge in [0.05, 0.1) is 0 Å². The molecule has 3 aromatic rings. The molecule has 0 unspecified atom stereocenters. The average molecular weight is 668 g/mol. The first kappa shape index (κ1) is 33.3. The highest BCUT2D eigenvalue weighted by Crippen LogP contribution is 2.46. The Morgan fingerprint density at radius 1 is 0.738 bits per heavy atom. The molecular formula is C24H18ClF8NO6S2. The van der Waals surface area contributed by atoms with Crippen LogP contribution in [0.15, 0.2) is 42.6 Å². The molecule has 1 aromatic heterocycles. The van der Waals surface area contributed by atoms with Crippen LogP contribution in [-0.4, -0.2) is 32.8 Å². The van der Waals surface area contributed by atoms with Gasteiger partial charge in [0.2, 0.25) is 0 Å². The smallest absolute Gasteiger partial charge is 0.375 e. The molecule has 230 valence electrons. The highest BCUT2D eigenvalue weighted by atomic mass is 35.5. The van der Waals surface area contributed by atoms with E-state index in [9.17, 15) is 47.6 Å². The molecule has 1 heterocycles. The monoisotopic (exact) mass is 667 g/mol. The van der Waals surface area contributed by atoms with Gasteiger partial charge in [-0.15, -0.1) is 0 Å². The second-order valence-corrected chi connectivity index (χ2v) is 13.3. The van der Waals surface area contributed by atoms with E-state index in [4.69, 9.17) is 11.6 Å². The summed E-state index contributed by atoms with van der Waals surface area (Å²) in [6.07, 6.45) is 1.08. The van der Waals surface area contributed by atoms with Gasteiger partial charge in [-0.25, -0.2) is 13.8 Å². The van der Waals surface area contributed by atoms with Crippen molar-refractivity contribution in [1.29, 1.82) is 0 Å². The molecule has 0 aliphatic rings. The van der Waals surface area contributed by atoms with Gasteiger partial charge in [-0.05, 0) is 41.7 Å². The van der Waals surface area contributed by atoms with E-state index >= 15 is 4.39 Å². The summed E-state index contributed by atoms with van der Waals surface area (Å²) in [7, 11) is -13.0. The minimum absolute atomic E-state index is 0.233. The van der Waals surface area contributed by atoms with Crippen molar-refractivity contribution in [2.75, 3.05) is 0 Å². The quantitative estimate of drug-likeness (QED) is 0.112. The van der Waals surface area contributed by atoms with Gasteiger partial charge in [-0.2, -0.15) is 43.2 Å². The number of alkyl halides is 6. The molecule has 0 radical (unpaired) electrons. The van der Waals surface area contributed by atoms with Gasteiger partial charge in [-0.1, -0.05) is 44.5 Å². The Bertz CT molecular complexity index is 1740. The fourth-order valence-corrected chi connectivity index (χ4v) is 4.67. The Hall–Kier alpha value is -3.18. The molecule has 0 fully saturated rings. The number of pyridine rings is 1. The lowest BCUT2D eigenvalue weighted by atomic mass is 9.87. The predicted molar refractivity (Wildman–Crippen MR) is 134 cm³/mol. The standard InChI is InChI=1S/C24H18ClF8NO6S2/c1-22(2,3)11-12-4-5-13(17(26)8-12)15-9-19(40-42(37,38)24(31,32)33)16(14-6-7-34-21(25)20(14)27)10-18(15)39-41(35,36)23(28,29)30/h4-10H,11H2,1-3H3. The molecule has 0 saturated carbocycles. The Kier molecular flexibility index (Phi) is 8.84. The third kappa shape index (κ3) is 7.23. The number of aromatic nitrogens is 1. The Morgan fingerprint density at radius 2 is 1.21 bits per heavy atom. The van der Waals surface area contributed by atoms with Gasteiger partial charge in [0, 0.05) is 28.5 Å². The van der Waals surface area contributed by atoms with E-state index in [1.807, 2.05) is 0 Å². The van der Waals surface area contributed by atoms with Crippen LogP contribution in [0.3, 0.4) is 0 Å². The zero-order chi connectivity index (χ0) is 32.1. The molecule has 0 N–H and O–H groups in total. The van der Waals surface area contributed by atoms with E-state index in [-0.39, 0.29) is 24.0 Å². The zero-order valence-corrected chi connectivity index (χ0v) is 23.8. The van der Waals surface area contributed by atoms with Crippen LogP contribution in [-0.2, 0) is 26.7 Å². The lowest BCUT2D eigenvalue weighted by Gasteiger charge is -2.20. The van der Waals surface area contributed by atoms with Crippen molar-refractivity contribution in [3.8, 4) is 33.8 Å². The van der Waals surface area contributed by atoms with Crippen molar-refractivity contribution >= 4 is 31.8 Å². The Balaban J connectivity index is 2.43. The molecule has 0 bridgehead atoms. The second kappa shape index (κ2) is 11.1. The number of benzene rings is 2. The number of hydrogen-bond donors (Lipinski definition) is 0. The molecule has 0 aliphatic heterocycles. The van der Waals surface area contributed by atoms with Gasteiger partial charge >= 0.3 is 31.3 Å². The molecule has 0 aliphatic carbocycles. The average Bonchev–Trinajstić information content (AvgIpc) is 2.79. The van der Waals surface area contributed by atoms with Crippen molar-refractivity contribution < 1.29 is 60.3 Å². The number of nitrogens with zero attached hydrogens (tertiary/aromatic N) is 1. The van der Waals surface area contributed by atoms with Gasteiger partial charge in [0.1, 0.15) is 5.82 Å². The van der Waals surface area contributed by atoms with E-state index in [2.05, 4.69) is 13.4 Å². The first-order valence-corrected chi connectivity index (χ1v) is 14.4. The highest BCUT2D eigenvalue weighted by Gasteiger charge is 2.50. The maximum atomic E-state index is 15.3. The van der Waals surface area contributed by atoms with Crippen LogP contribution in [0.1, 0.15) is 26.3 Å². The van der Waals surface area contributed by atoms with E-state index in [1.165, 1.54) is 6.07 Å². The lowest BCUT2D eigenvalue weighted by molar-refractivity contribution is -0.0505. The maximum Gasteiger partial charge on any atom is 0.534 e. The highest BCUT2D eigenvalue weighted by molar-refractivity contribution is 7.88. The fourth-order valence-electron chi connectivity index (χ4n) is 3.58. The summed E-state index contributed by atoms with van der Waals surface area (Å²) in [6, 6.07) is 4.37. The van der Waals surface area contributed by atoms with Gasteiger partial charge in [0.25, 0.3) is 0 Å². The zero-order valence-electron chi connectivity index (χ0n) is 21.4. The Labute approximate surface area is 239 Å². The predicted octanol–water partition coefficient (Wildman–Crippen LogP) is 7.39. The first-order valence-electron chi connectivity index (χ1n) is 11.2. The van der Waals surface area contributed by atoms with Crippen molar-refractivity contribution in [1.82, 2.24) is 4.98 Å². The van der Waals surface area contributed by atoms with E-state index < -0.39 is 81.8 Å². The normalized spacial score (nSPS) is 13.2. The lowest BCUT2D eigenvalue weighted by Crippen LogP contribution is -2.29. The molecule has 7 nitrogen and oxygen atoms in total. The van der Waals surface area contributed by atoms with Crippen LogP contribution in [0.5, 0.6) is 11.5 Å². The van der Waals surface area contributed by atoms with Crippen molar-refractivity contribution in [3.05, 3.63) is 64.9 Å². The van der Waals surface area contributed by atoms with Crippen LogP contribution in [0.25, 0.3) is 22.3 Å². The molecular weight excluding hydrogens is 650 g/mol. The largest absolute Gasteiger partial charge is 0.534 e. The molecule has 0 spiro atoms. The minimum Gasteiger partial charge on any atom is -0.375 e. The van der Waals surface area contributed by atoms with Crippen LogP contribution < -0.4 is 8.37 Å². The summed E-state index contributed by atoms with van der Waals surface area (Å²) in [5.41, 5.74) is -15.8. The van der Waals surface area contributed by atoms with Crippen LogP contribution in [0, 0.1) is 17.0 Å². The Morgan fingerprint density at radius 3 is 1.64 bits per heavy atom. The minimum atomic E-state index is -6.52. The van der Waals surface area contributed by atoms with Crippen LogP contribution >= 0.6 is 11.6 Å². The molecule has 18 heteroatoms. The summed E-state index contributed by atoms with van der Waals surface area (Å²) < 4.78 is 165. The summed E-state index contributed by atoms with van der Waals surface area (Å²) in [5.74, 6) is -5.47. The van der Waals surface area contributed by atoms with E-state index in [1.54, 1.807) is 20.8 Å². The molecule has 0 saturated heterocycles. The number of rotatable bonds is 7. The number of hydrogen-bond acceptors (Lipinski definition) is 7. The van der Waals surface area contributed by atoms with E-state index in [0.717, 1.165) is 18.3 Å². The second-order valence-electron chi connectivity index (χ2n) is 9.83. The van der Waals surface area contributed by atoms with Gasteiger partial charge in [-0.3, -0.25) is 0 Å². The summed E-state index contributed by atoms with van der Waals surface area (Å²) in [6.45, 7) is 5.42. The summed E-state index contributed by atoms with van der Waals surface area (Å²) in [4.78, 5) is 3.36. The molecule has 0 atom stereocenters. The molecule has 3 rings (SSSR count). The van der Waals surface area contributed by atoms with E-state index in [0.29, 0.717) is 11.6 Å². The number of halogens is 9. The summed E-state index contributed by atoms with van der Waals surface area (Å²) >= 11 is 5.59. The van der Waals surface area contributed by atoms with Gasteiger partial charge < -0.3 is 8.37 Å². The molecule has 0 amide bonds. The molecule has 2 aromatic carbocycles. The third-order valence-electron chi connectivity index (χ3n) is 5.24. The van der Waals surface area contributed by atoms with Gasteiger partial charge in [0.15, 0.2) is 22.5 Å². The molecule has 42 heavy (non-hydrogen) atoms. The topological polar surface area (TPSA) is 99.6 Å². The van der Waals surface area contributed by atoms with Crippen molar-refractivity contribution in [3.63, 3.8) is 0 Å².